The molecular formula is C56H34. The standard InChI is InChI=1S/C56H34/c1-3-15-41-35(13-1)27-31-39-33-51(43-17-5-7-19-45(43)54(39)41)37-25-29-38(30-26-37)53-47-21-9-11-23-49(47)56(50-24-12-10-22-48(50)53)52-34-40-32-28-36-14-2-4-16-42(36)55(40)46-20-8-6-18-44(46)52/h1-34H/i9D,10D,11D,12D,21D,22D,23D,24D. The summed E-state index contributed by atoms with van der Waals surface area (Å²) in [6.07, 6.45) is 0. The summed E-state index contributed by atoms with van der Waals surface area (Å²) in [5.74, 6) is 0. The van der Waals surface area contributed by atoms with Crippen LogP contribution >= 0.6 is 0 Å². The van der Waals surface area contributed by atoms with Crippen LogP contribution in [0, 0.1) is 0 Å². The Bertz CT molecular complexity index is 3960. The molecule has 56 heavy (non-hydrogen) atoms. The zero-order valence-electron chi connectivity index (χ0n) is 38.0. The average molecular weight is 715 g/mol. The van der Waals surface area contributed by atoms with E-state index in [1.807, 2.05) is 78.9 Å². The molecule has 0 unspecified atom stereocenters. The second kappa shape index (κ2) is 12.1. The maximum absolute atomic E-state index is 9.61. The molecule has 0 heteroatoms. The molecule has 0 aromatic heterocycles. The first-order valence-corrected chi connectivity index (χ1v) is 18.9. The summed E-state index contributed by atoms with van der Waals surface area (Å²) in [6.45, 7) is 0. The van der Waals surface area contributed by atoms with Crippen LogP contribution in [0.5, 0.6) is 0 Å². The molecule has 0 radical (unpaired) electrons. The summed E-state index contributed by atoms with van der Waals surface area (Å²) in [5.41, 5.74) is 3.79. The zero-order chi connectivity index (χ0) is 43.7. The van der Waals surface area contributed by atoms with Crippen molar-refractivity contribution in [2.75, 3.05) is 0 Å². The number of rotatable bonds is 3. The molecule has 0 heterocycles. The molecule has 0 atom stereocenters. The minimum atomic E-state index is -0.425. The van der Waals surface area contributed by atoms with Crippen molar-refractivity contribution >= 4 is 86.2 Å². The molecular weight excluding hydrogens is 673 g/mol. The summed E-state index contributed by atoms with van der Waals surface area (Å²) in [5, 5.41) is 13.4. The van der Waals surface area contributed by atoms with Gasteiger partial charge in [0.15, 0.2) is 0 Å². The Kier molecular flexibility index (Phi) is 5.23. The van der Waals surface area contributed by atoms with E-state index in [0.29, 0.717) is 22.3 Å². The van der Waals surface area contributed by atoms with E-state index < -0.39 is 24.2 Å². The van der Waals surface area contributed by atoms with Crippen LogP contribution in [0.4, 0.5) is 0 Å². The van der Waals surface area contributed by atoms with Gasteiger partial charge in [-0.25, -0.2) is 0 Å². The molecule has 0 fully saturated rings. The van der Waals surface area contributed by atoms with Gasteiger partial charge < -0.3 is 0 Å². The highest BCUT2D eigenvalue weighted by atomic mass is 14.2. The molecule has 0 aliphatic heterocycles. The van der Waals surface area contributed by atoms with Crippen molar-refractivity contribution in [1.82, 2.24) is 0 Å². The quantitative estimate of drug-likeness (QED) is 0.126. The summed E-state index contributed by atoms with van der Waals surface area (Å²) < 4.78 is 74.4. The number of hydrogen-bond acceptors (Lipinski definition) is 0. The summed E-state index contributed by atoms with van der Waals surface area (Å²) in [4.78, 5) is 0. The van der Waals surface area contributed by atoms with E-state index in [-0.39, 0.29) is 45.7 Å². The fourth-order valence-electron chi connectivity index (χ4n) is 9.20. The summed E-state index contributed by atoms with van der Waals surface area (Å²) >= 11 is 0. The van der Waals surface area contributed by atoms with Crippen LogP contribution in [-0.2, 0) is 0 Å². The third-order valence-electron chi connectivity index (χ3n) is 11.6. The van der Waals surface area contributed by atoms with E-state index in [1.165, 1.54) is 16.2 Å². The lowest BCUT2D eigenvalue weighted by Crippen LogP contribution is -1.92. The molecule has 0 N–H and O–H groups in total. The third-order valence-corrected chi connectivity index (χ3v) is 11.6. The Morgan fingerprint density at radius 2 is 0.643 bits per heavy atom. The fourth-order valence-corrected chi connectivity index (χ4v) is 9.20. The van der Waals surface area contributed by atoms with Crippen molar-refractivity contribution in [2.24, 2.45) is 0 Å². The highest BCUT2D eigenvalue weighted by Gasteiger charge is 2.20. The molecule has 0 nitrogen and oxygen atoms in total. The molecule has 258 valence electrons. The van der Waals surface area contributed by atoms with E-state index in [9.17, 15) is 5.48 Å². The van der Waals surface area contributed by atoms with E-state index in [1.54, 1.807) is 0 Å². The molecule has 0 aliphatic rings. The molecule has 0 saturated carbocycles. The number of hydrogen-bond donors (Lipinski definition) is 0. The van der Waals surface area contributed by atoms with E-state index in [0.717, 1.165) is 59.6 Å². The first-order chi connectivity index (χ1) is 31.1. The molecule has 0 spiro atoms. The van der Waals surface area contributed by atoms with Gasteiger partial charge in [0.2, 0.25) is 0 Å². The zero-order valence-corrected chi connectivity index (χ0v) is 30.0. The van der Waals surface area contributed by atoms with Gasteiger partial charge in [-0.1, -0.05) is 194 Å². The highest BCUT2D eigenvalue weighted by molar-refractivity contribution is 6.29. The minimum absolute atomic E-state index is 0.192. The van der Waals surface area contributed by atoms with Gasteiger partial charge in [-0.15, -0.1) is 0 Å². The SMILES string of the molecule is [2H]c1c([2H])c([2H])c2c(-c3cc4ccc5ccccc5c4c4ccccc34)c3c([2H])c([2H])c([2H])c([2H])c3c(-c3ccc(-c4cc5ccc6ccccc6c5c5ccccc45)cc3)c2c1[2H]. The van der Waals surface area contributed by atoms with Crippen molar-refractivity contribution in [3.05, 3.63) is 206 Å². The molecule has 0 aliphatic carbocycles. The highest BCUT2D eigenvalue weighted by Crippen LogP contribution is 2.48. The van der Waals surface area contributed by atoms with E-state index in [4.69, 9.17) is 5.48 Å². The Balaban J connectivity index is 1.19. The van der Waals surface area contributed by atoms with E-state index in [2.05, 4.69) is 78.9 Å². The van der Waals surface area contributed by atoms with Gasteiger partial charge in [0, 0.05) is 0 Å². The van der Waals surface area contributed by atoms with Crippen LogP contribution in [-0.4, -0.2) is 0 Å². The van der Waals surface area contributed by atoms with Crippen LogP contribution in [0.3, 0.4) is 0 Å². The predicted molar refractivity (Wildman–Crippen MR) is 243 cm³/mol. The number of benzene rings is 12. The van der Waals surface area contributed by atoms with Crippen molar-refractivity contribution in [3.63, 3.8) is 0 Å². The van der Waals surface area contributed by atoms with Gasteiger partial charge in [-0.3, -0.25) is 0 Å². The smallest absolute Gasteiger partial charge is 0.0616 e. The minimum Gasteiger partial charge on any atom is -0.0616 e. The number of fused-ring (bicyclic) bond motifs is 12. The monoisotopic (exact) mass is 714 g/mol. The molecule has 0 amide bonds. The molecule has 0 bridgehead atoms. The van der Waals surface area contributed by atoms with E-state index >= 15 is 0 Å². The molecule has 0 saturated heterocycles. The van der Waals surface area contributed by atoms with Crippen molar-refractivity contribution < 1.29 is 11.0 Å². The van der Waals surface area contributed by atoms with Crippen molar-refractivity contribution in [2.45, 2.75) is 0 Å². The van der Waals surface area contributed by atoms with Crippen LogP contribution in [0.1, 0.15) is 11.0 Å². The lowest BCUT2D eigenvalue weighted by atomic mass is 9.83. The second-order valence-corrected chi connectivity index (χ2v) is 14.5. The Labute approximate surface area is 335 Å². The third kappa shape index (κ3) is 4.54. The maximum atomic E-state index is 9.61. The topological polar surface area (TPSA) is 0 Å². The first-order valence-electron chi connectivity index (χ1n) is 22.9. The summed E-state index contributed by atoms with van der Waals surface area (Å²) in [7, 11) is 0. The van der Waals surface area contributed by atoms with Crippen molar-refractivity contribution in [3.8, 4) is 33.4 Å². The fraction of sp³-hybridized carbons (Fsp3) is 0. The largest absolute Gasteiger partial charge is 0.0629 e. The maximum Gasteiger partial charge on any atom is 0.0629 e. The molecule has 12 aromatic rings. The van der Waals surface area contributed by atoms with Gasteiger partial charge in [0.05, 0.1) is 11.0 Å². The second-order valence-electron chi connectivity index (χ2n) is 14.5. The van der Waals surface area contributed by atoms with Crippen LogP contribution in [0.15, 0.2) is 206 Å². The predicted octanol–water partition coefficient (Wildman–Crippen LogP) is 15.9. The first kappa shape index (κ1) is 24.2. The Morgan fingerprint density at radius 1 is 0.268 bits per heavy atom. The summed E-state index contributed by atoms with van der Waals surface area (Å²) in [6, 6.07) is 50.5. The molecule has 12 rings (SSSR count). The van der Waals surface area contributed by atoms with Gasteiger partial charge in [0.25, 0.3) is 0 Å². The van der Waals surface area contributed by atoms with Gasteiger partial charge in [-0.2, -0.15) is 0 Å². The van der Waals surface area contributed by atoms with Gasteiger partial charge >= 0.3 is 0 Å². The van der Waals surface area contributed by atoms with Crippen LogP contribution in [0.2, 0.25) is 0 Å². The van der Waals surface area contributed by atoms with Crippen LogP contribution in [0.25, 0.3) is 120 Å². The molecule has 12 aromatic carbocycles. The van der Waals surface area contributed by atoms with Crippen molar-refractivity contribution in [1.29, 1.82) is 0 Å². The van der Waals surface area contributed by atoms with Crippen LogP contribution < -0.4 is 0 Å². The van der Waals surface area contributed by atoms with Gasteiger partial charge in [-0.05, 0) is 132 Å². The average Bonchev–Trinajstić information content (AvgIpc) is 3.34. The lowest BCUT2D eigenvalue weighted by molar-refractivity contribution is 1.64. The Hall–Kier alpha value is -7.28. The Morgan fingerprint density at radius 3 is 1.16 bits per heavy atom. The normalized spacial score (nSPS) is 13.9. The lowest BCUT2D eigenvalue weighted by Gasteiger charge is -2.20. The van der Waals surface area contributed by atoms with Gasteiger partial charge in [0.1, 0.15) is 0 Å².